The van der Waals surface area contributed by atoms with Crippen LogP contribution in [0, 0.1) is 12.3 Å². The highest BCUT2D eigenvalue weighted by Crippen LogP contribution is 2.34. The lowest BCUT2D eigenvalue weighted by Crippen LogP contribution is -2.16. The minimum absolute atomic E-state index is 0.320. The quantitative estimate of drug-likeness (QED) is 0.267. The van der Waals surface area contributed by atoms with Gasteiger partial charge in [0.15, 0.2) is 0 Å². The zero-order valence-corrected chi connectivity index (χ0v) is 17.5. The Hall–Kier alpha value is -3.60. The Morgan fingerprint density at radius 2 is 1.87 bits per heavy atom. The van der Waals surface area contributed by atoms with E-state index in [9.17, 15) is 4.79 Å². The summed E-state index contributed by atoms with van der Waals surface area (Å²) in [6.45, 7) is 4.63. The molecule has 0 radical (unpaired) electrons. The van der Waals surface area contributed by atoms with Gasteiger partial charge >= 0.3 is 5.97 Å². The third-order valence-electron chi connectivity index (χ3n) is 5.63. The van der Waals surface area contributed by atoms with E-state index < -0.39 is 0 Å². The van der Waals surface area contributed by atoms with Crippen molar-refractivity contribution in [3.8, 4) is 11.1 Å². The Morgan fingerprint density at radius 1 is 1.10 bits per heavy atom. The Morgan fingerprint density at radius 3 is 2.60 bits per heavy atom. The standard InChI is InChI=1S/C25H25N3O2/c1-4-30-25(29)24-21-12-10-17(13-22(21)28(3)23(24)14-27-15-26)19-11-9-16(2)18-7-5-6-8-20(18)19/h5-13,15H,4,14H2,1-3H3,(H2,26,27). The van der Waals surface area contributed by atoms with Gasteiger partial charge in [-0.2, -0.15) is 0 Å². The molecule has 0 fully saturated rings. The van der Waals surface area contributed by atoms with Crippen molar-refractivity contribution in [2.75, 3.05) is 6.61 Å². The van der Waals surface area contributed by atoms with Crippen molar-refractivity contribution < 1.29 is 9.53 Å². The zero-order valence-electron chi connectivity index (χ0n) is 17.5. The molecule has 0 bridgehead atoms. The molecule has 152 valence electrons. The van der Waals surface area contributed by atoms with E-state index in [0.29, 0.717) is 18.7 Å². The van der Waals surface area contributed by atoms with Crippen LogP contribution in [0.5, 0.6) is 0 Å². The van der Waals surface area contributed by atoms with Gasteiger partial charge in [0.05, 0.1) is 30.7 Å². The minimum atomic E-state index is -0.335. The van der Waals surface area contributed by atoms with Gasteiger partial charge in [0, 0.05) is 18.0 Å². The number of aromatic nitrogens is 1. The highest BCUT2D eigenvalue weighted by atomic mass is 16.5. The number of carbonyl (C=O) groups is 1. The highest BCUT2D eigenvalue weighted by molar-refractivity contribution is 6.08. The van der Waals surface area contributed by atoms with Gasteiger partial charge in [-0.05, 0) is 47.4 Å². The van der Waals surface area contributed by atoms with Crippen LogP contribution in [0.3, 0.4) is 0 Å². The molecule has 0 amide bonds. The Labute approximate surface area is 175 Å². The van der Waals surface area contributed by atoms with Crippen molar-refractivity contribution in [2.24, 2.45) is 7.05 Å². The smallest absolute Gasteiger partial charge is 0.340 e. The van der Waals surface area contributed by atoms with Crippen LogP contribution in [0.2, 0.25) is 0 Å². The number of nitrogens with one attached hydrogen (secondary N) is 2. The molecule has 0 aliphatic heterocycles. The molecule has 1 aromatic heterocycles. The monoisotopic (exact) mass is 399 g/mol. The summed E-state index contributed by atoms with van der Waals surface area (Å²) in [5, 5.41) is 13.5. The van der Waals surface area contributed by atoms with Crippen molar-refractivity contribution in [3.05, 3.63) is 71.4 Å². The molecule has 0 unspecified atom stereocenters. The molecule has 0 atom stereocenters. The molecule has 4 aromatic rings. The van der Waals surface area contributed by atoms with Crippen molar-refractivity contribution in [1.82, 2.24) is 9.88 Å². The molecule has 1 heterocycles. The summed E-state index contributed by atoms with van der Waals surface area (Å²) in [6, 6.07) is 18.9. The Kier molecular flexibility index (Phi) is 5.27. The molecule has 2 N–H and O–H groups in total. The summed E-state index contributed by atoms with van der Waals surface area (Å²) in [4.78, 5) is 12.7. The van der Waals surface area contributed by atoms with E-state index in [0.717, 1.165) is 34.1 Å². The van der Waals surface area contributed by atoms with Gasteiger partial charge in [-0.25, -0.2) is 4.79 Å². The van der Waals surface area contributed by atoms with E-state index in [4.69, 9.17) is 10.1 Å². The molecule has 30 heavy (non-hydrogen) atoms. The number of hydrogen-bond donors (Lipinski definition) is 2. The number of carbonyl (C=O) groups excluding carboxylic acids is 1. The van der Waals surface area contributed by atoms with E-state index in [1.165, 1.54) is 16.3 Å². The first-order valence-corrected chi connectivity index (χ1v) is 10.1. The lowest BCUT2D eigenvalue weighted by molar-refractivity contribution is 0.0527. The van der Waals surface area contributed by atoms with E-state index in [2.05, 4.69) is 60.8 Å². The lowest BCUT2D eigenvalue weighted by Gasteiger charge is -2.10. The summed E-state index contributed by atoms with van der Waals surface area (Å²) in [5.74, 6) is -0.335. The number of esters is 1. The normalized spacial score (nSPS) is 11.0. The van der Waals surface area contributed by atoms with Crippen LogP contribution < -0.4 is 5.32 Å². The maximum absolute atomic E-state index is 12.7. The number of fused-ring (bicyclic) bond motifs is 2. The van der Waals surface area contributed by atoms with Crippen LogP contribution in [0.4, 0.5) is 0 Å². The van der Waals surface area contributed by atoms with Gasteiger partial charge in [0.25, 0.3) is 0 Å². The SMILES string of the molecule is CCOC(=O)c1c(CNC=N)n(C)c2cc(-c3ccc(C)c4ccccc34)ccc12. The highest BCUT2D eigenvalue weighted by Gasteiger charge is 2.22. The van der Waals surface area contributed by atoms with Crippen LogP contribution in [-0.4, -0.2) is 23.5 Å². The molecule has 4 rings (SSSR count). The fourth-order valence-electron chi connectivity index (χ4n) is 4.14. The fourth-order valence-corrected chi connectivity index (χ4v) is 4.14. The van der Waals surface area contributed by atoms with Crippen LogP contribution in [0.15, 0.2) is 54.6 Å². The van der Waals surface area contributed by atoms with Crippen molar-refractivity contribution in [3.63, 3.8) is 0 Å². The number of ether oxygens (including phenoxy) is 1. The summed E-state index contributed by atoms with van der Waals surface area (Å²) >= 11 is 0. The second-order valence-electron chi connectivity index (χ2n) is 7.33. The predicted octanol–water partition coefficient (Wildman–Crippen LogP) is 5.18. The summed E-state index contributed by atoms with van der Waals surface area (Å²) < 4.78 is 7.33. The maximum Gasteiger partial charge on any atom is 0.340 e. The maximum atomic E-state index is 12.7. The van der Waals surface area contributed by atoms with Gasteiger partial charge in [0.1, 0.15) is 0 Å². The van der Waals surface area contributed by atoms with Gasteiger partial charge < -0.3 is 14.6 Å². The van der Waals surface area contributed by atoms with Gasteiger partial charge in [0.2, 0.25) is 0 Å². The van der Waals surface area contributed by atoms with E-state index in [1.54, 1.807) is 6.92 Å². The van der Waals surface area contributed by atoms with Crippen molar-refractivity contribution >= 4 is 34.0 Å². The molecule has 0 saturated heterocycles. The van der Waals surface area contributed by atoms with E-state index in [1.807, 2.05) is 17.7 Å². The topological polar surface area (TPSA) is 67.1 Å². The molecule has 0 saturated carbocycles. The largest absolute Gasteiger partial charge is 0.462 e. The number of nitrogens with zero attached hydrogens (tertiary/aromatic N) is 1. The van der Waals surface area contributed by atoms with Crippen LogP contribution in [-0.2, 0) is 18.3 Å². The first-order chi connectivity index (χ1) is 14.6. The minimum Gasteiger partial charge on any atom is -0.462 e. The third kappa shape index (κ3) is 3.22. The summed E-state index contributed by atoms with van der Waals surface area (Å²) in [6.07, 6.45) is 1.14. The molecule has 5 heteroatoms. The van der Waals surface area contributed by atoms with Gasteiger partial charge in [-0.15, -0.1) is 0 Å². The molecule has 0 spiro atoms. The molecular formula is C25H25N3O2. The van der Waals surface area contributed by atoms with Gasteiger partial charge in [-0.3, -0.25) is 5.41 Å². The number of benzene rings is 3. The molecule has 3 aromatic carbocycles. The van der Waals surface area contributed by atoms with Crippen LogP contribution >= 0.6 is 0 Å². The summed E-state index contributed by atoms with van der Waals surface area (Å²) in [7, 11) is 1.95. The Balaban J connectivity index is 1.94. The summed E-state index contributed by atoms with van der Waals surface area (Å²) in [5.41, 5.74) is 5.83. The van der Waals surface area contributed by atoms with Crippen molar-refractivity contribution in [2.45, 2.75) is 20.4 Å². The molecule has 5 nitrogen and oxygen atoms in total. The lowest BCUT2D eigenvalue weighted by atomic mass is 9.95. The number of hydrogen-bond acceptors (Lipinski definition) is 3. The average Bonchev–Trinajstić information content (AvgIpc) is 3.04. The van der Waals surface area contributed by atoms with Crippen molar-refractivity contribution in [1.29, 1.82) is 5.41 Å². The van der Waals surface area contributed by atoms with Gasteiger partial charge in [-0.1, -0.05) is 48.5 Å². The predicted molar refractivity (Wildman–Crippen MR) is 122 cm³/mol. The second kappa shape index (κ2) is 8.03. The van der Waals surface area contributed by atoms with E-state index in [-0.39, 0.29) is 5.97 Å². The first kappa shape index (κ1) is 19.7. The molecular weight excluding hydrogens is 374 g/mol. The average molecular weight is 399 g/mol. The van der Waals surface area contributed by atoms with E-state index >= 15 is 0 Å². The molecule has 0 aliphatic carbocycles. The first-order valence-electron chi connectivity index (χ1n) is 10.1. The second-order valence-corrected chi connectivity index (χ2v) is 7.33. The third-order valence-corrected chi connectivity index (χ3v) is 5.63. The fraction of sp³-hybridized carbons (Fsp3) is 0.200. The zero-order chi connectivity index (χ0) is 21.3. The molecule has 0 aliphatic rings. The number of aryl methyl sites for hydroxylation is 2. The number of rotatable bonds is 6. The van der Waals surface area contributed by atoms with Crippen LogP contribution in [0.1, 0.15) is 28.5 Å². The van der Waals surface area contributed by atoms with Crippen LogP contribution in [0.25, 0.3) is 32.8 Å². The Bertz CT molecular complexity index is 1270.